The van der Waals surface area contributed by atoms with Crippen LogP contribution in [0.3, 0.4) is 0 Å². The lowest BCUT2D eigenvalue weighted by Gasteiger charge is -2.32. The highest BCUT2D eigenvalue weighted by atomic mass is 35.5. The van der Waals surface area contributed by atoms with Crippen molar-refractivity contribution in [1.82, 2.24) is 9.88 Å². The Morgan fingerprint density at radius 3 is 2.58 bits per heavy atom. The van der Waals surface area contributed by atoms with Gasteiger partial charge in [0.15, 0.2) is 0 Å². The molecular formula is C13H18Cl3N3. The third kappa shape index (κ3) is 4.12. The van der Waals surface area contributed by atoms with Crippen molar-refractivity contribution >= 4 is 40.6 Å². The maximum atomic E-state index is 6.09. The second-order valence-electron chi connectivity index (χ2n) is 4.92. The molecule has 0 aliphatic carbocycles. The second kappa shape index (κ2) is 6.98. The summed E-state index contributed by atoms with van der Waals surface area (Å²) >= 11 is 17.8. The van der Waals surface area contributed by atoms with E-state index in [-0.39, 0.29) is 5.15 Å². The fourth-order valence-electron chi connectivity index (χ4n) is 2.30. The summed E-state index contributed by atoms with van der Waals surface area (Å²) in [6, 6.07) is 2.07. The lowest BCUT2D eigenvalue weighted by molar-refractivity contribution is 0.180. The number of pyridine rings is 1. The normalized spacial score (nSPS) is 18.3. The van der Waals surface area contributed by atoms with Crippen LogP contribution in [0.25, 0.3) is 0 Å². The molecule has 0 radical (unpaired) electrons. The first kappa shape index (κ1) is 15.2. The molecule has 2 rings (SSSR count). The minimum atomic E-state index is 0.277. The molecule has 1 atom stereocenters. The van der Waals surface area contributed by atoms with Gasteiger partial charge in [0.2, 0.25) is 0 Å². The summed E-state index contributed by atoms with van der Waals surface area (Å²) in [4.78, 5) is 6.65. The van der Waals surface area contributed by atoms with Gasteiger partial charge >= 0.3 is 0 Å². The van der Waals surface area contributed by atoms with Crippen molar-refractivity contribution in [2.75, 3.05) is 25.0 Å². The van der Waals surface area contributed by atoms with E-state index in [0.29, 0.717) is 21.9 Å². The third-order valence-electron chi connectivity index (χ3n) is 3.47. The summed E-state index contributed by atoms with van der Waals surface area (Å²) in [7, 11) is 0. The molecule has 3 nitrogen and oxygen atoms in total. The molecule has 1 N–H and O–H groups in total. The van der Waals surface area contributed by atoms with E-state index < -0.39 is 0 Å². The SMILES string of the molecule is CC(CNc1nc(Cl)c(Cl)cc1Cl)N1CCCCC1. The van der Waals surface area contributed by atoms with Gasteiger partial charge in [-0.25, -0.2) is 4.98 Å². The highest BCUT2D eigenvalue weighted by molar-refractivity contribution is 6.42. The Morgan fingerprint density at radius 2 is 1.89 bits per heavy atom. The summed E-state index contributed by atoms with van der Waals surface area (Å²) in [5, 5.41) is 4.40. The van der Waals surface area contributed by atoms with E-state index in [0.717, 1.165) is 6.54 Å². The van der Waals surface area contributed by atoms with E-state index in [1.807, 2.05) is 0 Å². The number of hydrogen-bond donors (Lipinski definition) is 1. The van der Waals surface area contributed by atoms with Crippen LogP contribution in [0, 0.1) is 0 Å². The molecule has 1 aromatic rings. The van der Waals surface area contributed by atoms with Crippen molar-refractivity contribution in [2.45, 2.75) is 32.2 Å². The van der Waals surface area contributed by atoms with Gasteiger partial charge in [-0.1, -0.05) is 41.2 Å². The van der Waals surface area contributed by atoms with Gasteiger partial charge in [0, 0.05) is 12.6 Å². The van der Waals surface area contributed by atoms with Crippen LogP contribution in [0.15, 0.2) is 6.07 Å². The number of nitrogens with one attached hydrogen (secondary N) is 1. The van der Waals surface area contributed by atoms with E-state index in [1.54, 1.807) is 6.07 Å². The summed E-state index contributed by atoms with van der Waals surface area (Å²) < 4.78 is 0. The van der Waals surface area contributed by atoms with Gasteiger partial charge in [0.1, 0.15) is 11.0 Å². The topological polar surface area (TPSA) is 28.2 Å². The first-order valence-corrected chi connectivity index (χ1v) is 7.71. The lowest BCUT2D eigenvalue weighted by Crippen LogP contribution is -2.41. The highest BCUT2D eigenvalue weighted by Gasteiger charge is 2.17. The Bertz CT molecular complexity index is 433. The van der Waals surface area contributed by atoms with Crippen molar-refractivity contribution in [3.8, 4) is 0 Å². The van der Waals surface area contributed by atoms with Gasteiger partial charge in [-0.3, -0.25) is 4.90 Å². The van der Waals surface area contributed by atoms with Crippen molar-refractivity contribution in [3.63, 3.8) is 0 Å². The molecule has 1 aliphatic heterocycles. The number of aromatic nitrogens is 1. The first-order valence-electron chi connectivity index (χ1n) is 6.57. The van der Waals surface area contributed by atoms with Crippen molar-refractivity contribution in [1.29, 1.82) is 0 Å². The minimum Gasteiger partial charge on any atom is -0.367 e. The lowest BCUT2D eigenvalue weighted by atomic mass is 10.1. The summed E-state index contributed by atoms with van der Waals surface area (Å²) in [5.74, 6) is 0.597. The van der Waals surface area contributed by atoms with Crippen molar-refractivity contribution in [2.24, 2.45) is 0 Å². The number of nitrogens with zero attached hydrogens (tertiary/aromatic N) is 2. The fraction of sp³-hybridized carbons (Fsp3) is 0.615. The Morgan fingerprint density at radius 1 is 1.21 bits per heavy atom. The molecule has 1 aliphatic rings. The molecule has 0 amide bonds. The Kier molecular flexibility index (Phi) is 5.58. The minimum absolute atomic E-state index is 0.277. The molecule has 0 saturated carbocycles. The van der Waals surface area contributed by atoms with Crippen LogP contribution in [-0.4, -0.2) is 35.6 Å². The van der Waals surface area contributed by atoms with Crippen LogP contribution in [0.4, 0.5) is 5.82 Å². The molecule has 1 aromatic heterocycles. The number of anilines is 1. The number of halogens is 3. The Labute approximate surface area is 129 Å². The molecule has 0 spiro atoms. The molecule has 0 aromatic carbocycles. The molecule has 106 valence electrons. The van der Waals surface area contributed by atoms with Crippen LogP contribution in [0.5, 0.6) is 0 Å². The summed E-state index contributed by atoms with van der Waals surface area (Å²) in [5.41, 5.74) is 0. The van der Waals surface area contributed by atoms with Gasteiger partial charge in [-0.05, 0) is 38.9 Å². The van der Waals surface area contributed by atoms with E-state index >= 15 is 0 Å². The molecule has 19 heavy (non-hydrogen) atoms. The predicted molar refractivity (Wildman–Crippen MR) is 82.6 cm³/mol. The highest BCUT2D eigenvalue weighted by Crippen LogP contribution is 2.28. The summed E-state index contributed by atoms with van der Waals surface area (Å²) in [6.07, 6.45) is 3.92. The zero-order valence-electron chi connectivity index (χ0n) is 10.9. The third-order valence-corrected chi connectivity index (χ3v) is 4.43. The molecule has 2 heterocycles. The number of likely N-dealkylation sites (tertiary alicyclic amines) is 1. The number of rotatable bonds is 4. The largest absolute Gasteiger partial charge is 0.367 e. The van der Waals surface area contributed by atoms with Crippen molar-refractivity contribution in [3.05, 3.63) is 21.3 Å². The van der Waals surface area contributed by atoms with Crippen LogP contribution in [0.2, 0.25) is 15.2 Å². The van der Waals surface area contributed by atoms with Crippen LogP contribution in [-0.2, 0) is 0 Å². The second-order valence-corrected chi connectivity index (χ2v) is 6.09. The maximum absolute atomic E-state index is 6.09. The molecular weight excluding hydrogens is 305 g/mol. The molecule has 1 saturated heterocycles. The Hall–Kier alpha value is -0.220. The van der Waals surface area contributed by atoms with Gasteiger partial charge in [-0.15, -0.1) is 0 Å². The zero-order valence-corrected chi connectivity index (χ0v) is 13.2. The Balaban J connectivity index is 1.92. The van der Waals surface area contributed by atoms with E-state index in [1.165, 1.54) is 32.4 Å². The van der Waals surface area contributed by atoms with Gasteiger partial charge in [-0.2, -0.15) is 0 Å². The first-order chi connectivity index (χ1) is 9.08. The van der Waals surface area contributed by atoms with Gasteiger partial charge in [0.05, 0.1) is 10.0 Å². The summed E-state index contributed by atoms with van der Waals surface area (Å²) in [6.45, 7) is 5.35. The maximum Gasteiger partial charge on any atom is 0.150 e. The van der Waals surface area contributed by atoms with E-state index in [2.05, 4.69) is 22.1 Å². The molecule has 0 bridgehead atoms. The molecule has 1 unspecified atom stereocenters. The molecule has 6 heteroatoms. The average molecular weight is 323 g/mol. The van der Waals surface area contributed by atoms with Gasteiger partial charge in [0.25, 0.3) is 0 Å². The molecule has 1 fully saturated rings. The van der Waals surface area contributed by atoms with Gasteiger partial charge < -0.3 is 5.32 Å². The van der Waals surface area contributed by atoms with Crippen molar-refractivity contribution < 1.29 is 0 Å². The van der Waals surface area contributed by atoms with Crippen LogP contribution < -0.4 is 5.32 Å². The number of hydrogen-bond acceptors (Lipinski definition) is 3. The fourth-order valence-corrected chi connectivity index (χ4v) is 2.87. The number of piperidine rings is 1. The smallest absolute Gasteiger partial charge is 0.150 e. The average Bonchev–Trinajstić information content (AvgIpc) is 2.42. The van der Waals surface area contributed by atoms with Crippen LogP contribution in [0.1, 0.15) is 26.2 Å². The van der Waals surface area contributed by atoms with E-state index in [4.69, 9.17) is 34.8 Å². The zero-order chi connectivity index (χ0) is 13.8. The standard InChI is InChI=1S/C13H18Cl3N3/c1-9(19-5-3-2-4-6-19)8-17-13-11(15)7-10(14)12(16)18-13/h7,9H,2-6,8H2,1H3,(H,17,18). The predicted octanol–water partition coefficient (Wildman–Crippen LogP) is 4.33. The van der Waals surface area contributed by atoms with Crippen LogP contribution >= 0.6 is 34.8 Å². The van der Waals surface area contributed by atoms with E-state index in [9.17, 15) is 0 Å². The monoisotopic (exact) mass is 321 g/mol. The quantitative estimate of drug-likeness (QED) is 0.836.